The van der Waals surface area contributed by atoms with Crippen LogP contribution in [0.4, 0.5) is 0 Å². The van der Waals surface area contributed by atoms with Gasteiger partial charge in [-0.05, 0) is 11.6 Å². The Bertz CT molecular complexity index is 500. The third kappa shape index (κ3) is 3.33. The molecule has 0 aliphatic rings. The fourth-order valence-corrected chi connectivity index (χ4v) is 1.65. The van der Waals surface area contributed by atoms with Crippen molar-refractivity contribution in [2.24, 2.45) is 0 Å². The Hall–Kier alpha value is -1.83. The van der Waals surface area contributed by atoms with E-state index in [2.05, 4.69) is 37.9 Å². The summed E-state index contributed by atoms with van der Waals surface area (Å²) in [5.74, 6) is 0.874. The molecule has 0 N–H and O–H groups in total. The number of hydrogen-bond acceptors (Lipinski definition) is 2. The zero-order valence-electron chi connectivity index (χ0n) is 11.2. The van der Waals surface area contributed by atoms with Crippen LogP contribution in [0.2, 0.25) is 0 Å². The second-order valence-corrected chi connectivity index (χ2v) is 5.40. The third-order valence-electron chi connectivity index (χ3n) is 2.75. The molecule has 0 aliphatic carbocycles. The van der Waals surface area contributed by atoms with Crippen LogP contribution in [0.3, 0.4) is 0 Å². The number of nitrogens with zero attached hydrogens (tertiary/aromatic N) is 1. The molecule has 0 fully saturated rings. The van der Waals surface area contributed by atoms with Gasteiger partial charge in [0.15, 0.2) is 0 Å². The van der Waals surface area contributed by atoms with E-state index in [1.54, 1.807) is 6.20 Å². The van der Waals surface area contributed by atoms with Gasteiger partial charge in [0.1, 0.15) is 12.4 Å². The zero-order chi connectivity index (χ0) is 13.0. The summed E-state index contributed by atoms with van der Waals surface area (Å²) >= 11 is 0. The fraction of sp³-hybridized carbons (Fsp3) is 0.312. The number of hydrogen-bond donors (Lipinski definition) is 0. The average molecular weight is 241 g/mol. The molecule has 0 amide bonds. The normalized spacial score (nSPS) is 11.3. The Labute approximate surface area is 109 Å². The topological polar surface area (TPSA) is 22.1 Å². The van der Waals surface area contributed by atoms with Gasteiger partial charge in [-0.3, -0.25) is 4.98 Å². The minimum absolute atomic E-state index is 0.0477. The molecule has 0 spiro atoms. The number of ether oxygens (including phenoxy) is 1. The van der Waals surface area contributed by atoms with E-state index in [1.807, 2.05) is 30.3 Å². The summed E-state index contributed by atoms with van der Waals surface area (Å²) in [5.41, 5.74) is 2.27. The molecule has 18 heavy (non-hydrogen) atoms. The Morgan fingerprint density at radius 3 is 2.44 bits per heavy atom. The van der Waals surface area contributed by atoms with Crippen molar-refractivity contribution in [2.45, 2.75) is 32.8 Å². The quantitative estimate of drug-likeness (QED) is 0.811. The van der Waals surface area contributed by atoms with Crippen LogP contribution in [-0.2, 0) is 12.0 Å². The van der Waals surface area contributed by atoms with Crippen LogP contribution in [0.1, 0.15) is 32.0 Å². The molecule has 0 atom stereocenters. The summed E-state index contributed by atoms with van der Waals surface area (Å²) < 4.78 is 5.79. The lowest BCUT2D eigenvalue weighted by Gasteiger charge is -2.18. The number of pyridine rings is 1. The van der Waals surface area contributed by atoms with Crippen molar-refractivity contribution in [1.29, 1.82) is 0 Å². The van der Waals surface area contributed by atoms with Crippen LogP contribution < -0.4 is 4.74 Å². The van der Waals surface area contributed by atoms with Crippen LogP contribution in [0.5, 0.6) is 5.75 Å². The molecule has 1 heterocycles. The maximum absolute atomic E-state index is 5.79. The molecule has 0 saturated heterocycles. The first kappa shape index (κ1) is 12.6. The zero-order valence-corrected chi connectivity index (χ0v) is 11.2. The van der Waals surface area contributed by atoms with Crippen molar-refractivity contribution in [2.75, 3.05) is 0 Å². The third-order valence-corrected chi connectivity index (χ3v) is 2.75. The Balaban J connectivity index is 2.06. The van der Waals surface area contributed by atoms with Gasteiger partial charge in [0, 0.05) is 23.4 Å². The van der Waals surface area contributed by atoms with E-state index < -0.39 is 0 Å². The van der Waals surface area contributed by atoms with Crippen LogP contribution in [0.15, 0.2) is 48.7 Å². The van der Waals surface area contributed by atoms with E-state index in [1.165, 1.54) is 5.56 Å². The van der Waals surface area contributed by atoms with Gasteiger partial charge in [0.25, 0.3) is 0 Å². The monoisotopic (exact) mass is 241 g/mol. The molecule has 2 aromatic rings. The molecule has 1 aromatic carbocycles. The predicted octanol–water partition coefficient (Wildman–Crippen LogP) is 3.96. The smallest absolute Gasteiger partial charge is 0.123 e. The van der Waals surface area contributed by atoms with Crippen molar-refractivity contribution >= 4 is 0 Å². The second-order valence-electron chi connectivity index (χ2n) is 5.40. The second kappa shape index (κ2) is 5.21. The standard InChI is InChI=1S/C16H19NO/c1-16(2,3)15-11-14(9-10-17-15)18-12-13-7-5-4-6-8-13/h4-11H,12H2,1-3H3. The van der Waals surface area contributed by atoms with Gasteiger partial charge in [-0.15, -0.1) is 0 Å². The maximum Gasteiger partial charge on any atom is 0.123 e. The van der Waals surface area contributed by atoms with E-state index >= 15 is 0 Å². The molecule has 1 aromatic heterocycles. The lowest BCUT2D eigenvalue weighted by Crippen LogP contribution is -2.13. The summed E-state index contributed by atoms with van der Waals surface area (Å²) in [6.07, 6.45) is 1.81. The van der Waals surface area contributed by atoms with Gasteiger partial charge < -0.3 is 4.74 Å². The highest BCUT2D eigenvalue weighted by Gasteiger charge is 2.15. The summed E-state index contributed by atoms with van der Waals surface area (Å²) in [4.78, 5) is 4.39. The predicted molar refractivity (Wildman–Crippen MR) is 73.7 cm³/mol. The van der Waals surface area contributed by atoms with Crippen molar-refractivity contribution in [1.82, 2.24) is 4.98 Å². The van der Waals surface area contributed by atoms with Crippen LogP contribution >= 0.6 is 0 Å². The summed E-state index contributed by atoms with van der Waals surface area (Å²) in [6, 6.07) is 14.1. The first-order valence-corrected chi connectivity index (χ1v) is 6.19. The van der Waals surface area contributed by atoms with Crippen molar-refractivity contribution in [3.8, 4) is 5.75 Å². The van der Waals surface area contributed by atoms with E-state index in [9.17, 15) is 0 Å². The molecule has 0 aliphatic heterocycles. The first-order valence-electron chi connectivity index (χ1n) is 6.19. The lowest BCUT2D eigenvalue weighted by molar-refractivity contribution is 0.304. The highest BCUT2D eigenvalue weighted by molar-refractivity contribution is 5.27. The Morgan fingerprint density at radius 1 is 1.06 bits per heavy atom. The van der Waals surface area contributed by atoms with Crippen LogP contribution in [-0.4, -0.2) is 4.98 Å². The minimum Gasteiger partial charge on any atom is -0.489 e. The summed E-state index contributed by atoms with van der Waals surface area (Å²) in [6.45, 7) is 7.04. The van der Waals surface area contributed by atoms with Crippen molar-refractivity contribution in [3.05, 3.63) is 59.9 Å². The van der Waals surface area contributed by atoms with E-state index in [0.29, 0.717) is 6.61 Å². The molecule has 2 rings (SSSR count). The molecule has 0 saturated carbocycles. The molecular weight excluding hydrogens is 222 g/mol. The van der Waals surface area contributed by atoms with Gasteiger partial charge in [-0.2, -0.15) is 0 Å². The highest BCUT2D eigenvalue weighted by Crippen LogP contribution is 2.23. The molecule has 0 radical (unpaired) electrons. The lowest BCUT2D eigenvalue weighted by atomic mass is 9.92. The highest BCUT2D eigenvalue weighted by atomic mass is 16.5. The summed E-state index contributed by atoms with van der Waals surface area (Å²) in [5, 5.41) is 0. The molecule has 2 nitrogen and oxygen atoms in total. The molecular formula is C16H19NO. The van der Waals surface area contributed by atoms with Gasteiger partial charge in [-0.25, -0.2) is 0 Å². The van der Waals surface area contributed by atoms with Gasteiger partial charge in [0.2, 0.25) is 0 Å². The van der Waals surface area contributed by atoms with E-state index in [0.717, 1.165) is 11.4 Å². The molecule has 0 unspecified atom stereocenters. The number of rotatable bonds is 3. The van der Waals surface area contributed by atoms with Gasteiger partial charge in [0.05, 0.1) is 0 Å². The molecule has 0 bridgehead atoms. The Morgan fingerprint density at radius 2 is 1.78 bits per heavy atom. The van der Waals surface area contributed by atoms with E-state index in [-0.39, 0.29) is 5.41 Å². The molecule has 2 heteroatoms. The summed E-state index contributed by atoms with van der Waals surface area (Å²) in [7, 11) is 0. The Kier molecular flexibility index (Phi) is 3.66. The number of aromatic nitrogens is 1. The average Bonchev–Trinajstić information content (AvgIpc) is 2.37. The van der Waals surface area contributed by atoms with Crippen molar-refractivity contribution in [3.63, 3.8) is 0 Å². The minimum atomic E-state index is 0.0477. The SMILES string of the molecule is CC(C)(C)c1cc(OCc2ccccc2)ccn1. The largest absolute Gasteiger partial charge is 0.489 e. The molecule has 94 valence electrons. The van der Waals surface area contributed by atoms with Crippen LogP contribution in [0.25, 0.3) is 0 Å². The number of benzene rings is 1. The van der Waals surface area contributed by atoms with Crippen molar-refractivity contribution < 1.29 is 4.74 Å². The van der Waals surface area contributed by atoms with Gasteiger partial charge >= 0.3 is 0 Å². The maximum atomic E-state index is 5.79. The fourth-order valence-electron chi connectivity index (χ4n) is 1.65. The van der Waals surface area contributed by atoms with E-state index in [4.69, 9.17) is 4.74 Å². The van der Waals surface area contributed by atoms with Crippen LogP contribution in [0, 0.1) is 0 Å². The van der Waals surface area contributed by atoms with Gasteiger partial charge in [-0.1, -0.05) is 51.1 Å². The first-order chi connectivity index (χ1) is 8.55.